The van der Waals surface area contributed by atoms with E-state index in [1.807, 2.05) is 0 Å². The first-order chi connectivity index (χ1) is 6.48. The Morgan fingerprint density at radius 1 is 1.57 bits per heavy atom. The van der Waals surface area contributed by atoms with Gasteiger partial charge in [0.05, 0.1) is 6.10 Å². The van der Waals surface area contributed by atoms with Gasteiger partial charge in [-0.1, -0.05) is 6.42 Å². The zero-order valence-electron chi connectivity index (χ0n) is 8.82. The molecule has 0 spiro atoms. The molecule has 82 valence electrons. The molecule has 3 N–H and O–H groups in total. The highest BCUT2D eigenvalue weighted by molar-refractivity contribution is 5.78. The van der Waals surface area contributed by atoms with Crippen LogP contribution in [0.2, 0.25) is 0 Å². The molecule has 1 rings (SSSR count). The van der Waals surface area contributed by atoms with Crippen LogP contribution in [0.3, 0.4) is 0 Å². The number of hydrogen-bond donors (Lipinski definition) is 2. The van der Waals surface area contributed by atoms with E-state index in [-0.39, 0.29) is 12.0 Å². The second-order valence-electron chi connectivity index (χ2n) is 4.31. The van der Waals surface area contributed by atoms with Crippen molar-refractivity contribution in [3.63, 3.8) is 0 Å². The Hall–Kier alpha value is -0.610. The summed E-state index contributed by atoms with van der Waals surface area (Å²) in [5.74, 6) is -0.891. The standard InChI is InChI=1S/C10H19NO3/c1-10(11,9(12)13)7-4-3-5-8(6-7)14-2/h7-8H,3-6,11H2,1-2H3,(H,12,13)/t7?,8?,10-/m1/s1. The Balaban J connectivity index is 2.63. The normalized spacial score (nSPS) is 32.2. The summed E-state index contributed by atoms with van der Waals surface area (Å²) in [5.41, 5.74) is 4.68. The number of ether oxygens (including phenoxy) is 1. The molecular formula is C10H19NO3. The number of carbonyl (C=O) groups is 1. The van der Waals surface area contributed by atoms with Crippen molar-refractivity contribution in [3.8, 4) is 0 Å². The van der Waals surface area contributed by atoms with E-state index in [9.17, 15) is 4.79 Å². The first-order valence-corrected chi connectivity index (χ1v) is 5.03. The zero-order chi connectivity index (χ0) is 10.8. The summed E-state index contributed by atoms with van der Waals surface area (Å²) in [4.78, 5) is 10.9. The van der Waals surface area contributed by atoms with Gasteiger partial charge in [-0.05, 0) is 32.1 Å². The molecular weight excluding hydrogens is 182 g/mol. The molecule has 4 nitrogen and oxygen atoms in total. The van der Waals surface area contributed by atoms with Gasteiger partial charge in [-0.3, -0.25) is 4.79 Å². The number of rotatable bonds is 3. The molecule has 0 aromatic rings. The van der Waals surface area contributed by atoms with Crippen LogP contribution in [-0.4, -0.2) is 29.8 Å². The summed E-state index contributed by atoms with van der Waals surface area (Å²) in [5, 5.41) is 8.99. The molecule has 0 aromatic carbocycles. The topological polar surface area (TPSA) is 72.5 Å². The van der Waals surface area contributed by atoms with Gasteiger partial charge in [-0.25, -0.2) is 0 Å². The fraction of sp³-hybridized carbons (Fsp3) is 0.900. The maximum Gasteiger partial charge on any atom is 0.323 e. The van der Waals surface area contributed by atoms with Crippen molar-refractivity contribution in [2.45, 2.75) is 44.2 Å². The van der Waals surface area contributed by atoms with Crippen LogP contribution in [-0.2, 0) is 9.53 Å². The quantitative estimate of drug-likeness (QED) is 0.714. The Bertz CT molecular complexity index is 215. The average molecular weight is 201 g/mol. The van der Waals surface area contributed by atoms with Crippen molar-refractivity contribution >= 4 is 5.97 Å². The summed E-state index contributed by atoms with van der Waals surface area (Å²) < 4.78 is 5.25. The van der Waals surface area contributed by atoms with Gasteiger partial charge >= 0.3 is 5.97 Å². The first-order valence-electron chi connectivity index (χ1n) is 5.03. The molecule has 1 aliphatic carbocycles. The van der Waals surface area contributed by atoms with Crippen LogP contribution in [0.15, 0.2) is 0 Å². The van der Waals surface area contributed by atoms with Gasteiger partial charge in [0.2, 0.25) is 0 Å². The molecule has 0 aromatic heterocycles. The Kier molecular flexibility index (Phi) is 3.50. The molecule has 0 bridgehead atoms. The minimum Gasteiger partial charge on any atom is -0.480 e. The summed E-state index contributed by atoms with van der Waals surface area (Å²) >= 11 is 0. The summed E-state index contributed by atoms with van der Waals surface area (Å²) in [6, 6.07) is 0. The smallest absolute Gasteiger partial charge is 0.323 e. The molecule has 3 atom stereocenters. The zero-order valence-corrected chi connectivity index (χ0v) is 8.82. The fourth-order valence-electron chi connectivity index (χ4n) is 2.08. The summed E-state index contributed by atoms with van der Waals surface area (Å²) in [7, 11) is 1.67. The highest BCUT2D eigenvalue weighted by Crippen LogP contribution is 2.32. The average Bonchev–Trinajstić information content (AvgIpc) is 2.17. The van der Waals surface area contributed by atoms with E-state index >= 15 is 0 Å². The van der Waals surface area contributed by atoms with Gasteiger partial charge in [0.25, 0.3) is 0 Å². The predicted molar refractivity (Wildman–Crippen MR) is 53.0 cm³/mol. The third-order valence-electron chi connectivity index (χ3n) is 3.27. The van der Waals surface area contributed by atoms with Crippen LogP contribution < -0.4 is 5.73 Å². The lowest BCUT2D eigenvalue weighted by Gasteiger charge is -2.36. The molecule has 0 amide bonds. The number of carboxylic acids is 1. The first kappa shape index (κ1) is 11.5. The molecule has 0 aliphatic heterocycles. The lowest BCUT2D eigenvalue weighted by Crippen LogP contribution is -2.53. The van der Waals surface area contributed by atoms with Crippen LogP contribution in [0.4, 0.5) is 0 Å². The summed E-state index contributed by atoms with van der Waals surface area (Å²) in [6.45, 7) is 1.60. The van der Waals surface area contributed by atoms with E-state index in [4.69, 9.17) is 15.6 Å². The van der Waals surface area contributed by atoms with E-state index in [1.54, 1.807) is 14.0 Å². The third kappa shape index (κ3) is 2.25. The number of methoxy groups -OCH3 is 1. The minimum absolute atomic E-state index is 0.0266. The molecule has 0 saturated heterocycles. The molecule has 4 heteroatoms. The van der Waals surface area contributed by atoms with Crippen LogP contribution in [0, 0.1) is 5.92 Å². The second kappa shape index (κ2) is 4.28. The van der Waals surface area contributed by atoms with E-state index in [2.05, 4.69) is 0 Å². The maximum absolute atomic E-state index is 10.9. The third-order valence-corrected chi connectivity index (χ3v) is 3.27. The van der Waals surface area contributed by atoms with E-state index < -0.39 is 11.5 Å². The van der Waals surface area contributed by atoms with Crippen molar-refractivity contribution in [1.29, 1.82) is 0 Å². The van der Waals surface area contributed by atoms with Crippen molar-refractivity contribution in [2.75, 3.05) is 7.11 Å². The van der Waals surface area contributed by atoms with Gasteiger partial charge in [0.15, 0.2) is 0 Å². The Morgan fingerprint density at radius 2 is 2.21 bits per heavy atom. The lowest BCUT2D eigenvalue weighted by atomic mass is 9.75. The number of aliphatic carboxylic acids is 1. The van der Waals surface area contributed by atoms with Gasteiger partial charge in [-0.15, -0.1) is 0 Å². The van der Waals surface area contributed by atoms with Crippen LogP contribution >= 0.6 is 0 Å². The van der Waals surface area contributed by atoms with E-state index in [0.717, 1.165) is 25.7 Å². The molecule has 0 radical (unpaired) electrons. The van der Waals surface area contributed by atoms with Crippen molar-refractivity contribution in [3.05, 3.63) is 0 Å². The number of hydrogen-bond acceptors (Lipinski definition) is 3. The molecule has 0 heterocycles. The molecule has 1 fully saturated rings. The predicted octanol–water partition coefficient (Wildman–Crippen LogP) is 0.994. The maximum atomic E-state index is 10.9. The highest BCUT2D eigenvalue weighted by atomic mass is 16.5. The molecule has 1 aliphatic rings. The van der Waals surface area contributed by atoms with Gasteiger partial charge in [-0.2, -0.15) is 0 Å². The number of nitrogens with two attached hydrogens (primary N) is 1. The van der Waals surface area contributed by atoms with Crippen molar-refractivity contribution in [2.24, 2.45) is 11.7 Å². The molecule has 2 unspecified atom stereocenters. The highest BCUT2D eigenvalue weighted by Gasteiger charge is 2.40. The van der Waals surface area contributed by atoms with Gasteiger partial charge in [0.1, 0.15) is 5.54 Å². The Morgan fingerprint density at radius 3 is 2.71 bits per heavy atom. The van der Waals surface area contributed by atoms with Crippen LogP contribution in [0.1, 0.15) is 32.6 Å². The molecule has 1 saturated carbocycles. The van der Waals surface area contributed by atoms with Crippen molar-refractivity contribution in [1.82, 2.24) is 0 Å². The van der Waals surface area contributed by atoms with E-state index in [1.165, 1.54) is 0 Å². The van der Waals surface area contributed by atoms with Gasteiger partial charge < -0.3 is 15.6 Å². The Labute approximate surface area is 84.4 Å². The summed E-state index contributed by atoms with van der Waals surface area (Å²) in [6.07, 6.45) is 3.84. The lowest BCUT2D eigenvalue weighted by molar-refractivity contribution is -0.146. The largest absolute Gasteiger partial charge is 0.480 e. The number of carboxylic acid groups (broad SMARTS) is 1. The fourth-order valence-corrected chi connectivity index (χ4v) is 2.08. The molecule has 14 heavy (non-hydrogen) atoms. The van der Waals surface area contributed by atoms with Crippen molar-refractivity contribution < 1.29 is 14.6 Å². The SMILES string of the molecule is COC1CCCC([C@@](C)(N)C(=O)O)C1. The van der Waals surface area contributed by atoms with Gasteiger partial charge in [0, 0.05) is 7.11 Å². The minimum atomic E-state index is -1.11. The monoisotopic (exact) mass is 201 g/mol. The van der Waals surface area contributed by atoms with E-state index in [0.29, 0.717) is 0 Å². The van der Waals surface area contributed by atoms with Crippen LogP contribution in [0.5, 0.6) is 0 Å². The van der Waals surface area contributed by atoms with Crippen LogP contribution in [0.25, 0.3) is 0 Å². The second-order valence-corrected chi connectivity index (χ2v) is 4.31.